The molecular formula is C20H32O2. The first-order chi connectivity index (χ1) is 10.4. The van der Waals surface area contributed by atoms with Crippen LogP contribution < -0.4 is 0 Å². The van der Waals surface area contributed by atoms with Crippen molar-refractivity contribution in [3.8, 4) is 0 Å². The fraction of sp³-hybridized carbons (Fsp3) is 0.750. The van der Waals surface area contributed by atoms with E-state index in [4.69, 9.17) is 0 Å². The summed E-state index contributed by atoms with van der Waals surface area (Å²) < 4.78 is 0. The molecule has 0 bridgehead atoms. The Hall–Kier alpha value is -0.890. The predicted octanol–water partition coefficient (Wildman–Crippen LogP) is 4.83. The van der Waals surface area contributed by atoms with Crippen LogP contribution in [-0.4, -0.2) is 16.5 Å². The number of Topliss-reactive ketones (excluding diaryl/α,β-unsaturated/α-hetero) is 1. The van der Waals surface area contributed by atoms with Crippen LogP contribution in [0.5, 0.6) is 0 Å². The third-order valence-corrected chi connectivity index (χ3v) is 6.18. The number of rotatable bonds is 6. The minimum absolute atomic E-state index is 0.0917. The molecule has 1 N–H and O–H groups in total. The average Bonchev–Trinajstić information content (AvgIpc) is 2.85. The van der Waals surface area contributed by atoms with Gasteiger partial charge in [0, 0.05) is 12.3 Å². The summed E-state index contributed by atoms with van der Waals surface area (Å²) in [5.41, 5.74) is 0.914. The molecule has 0 amide bonds. The van der Waals surface area contributed by atoms with Crippen molar-refractivity contribution in [1.29, 1.82) is 0 Å². The topological polar surface area (TPSA) is 37.3 Å². The maximum Gasteiger partial charge on any atom is 0.137 e. The summed E-state index contributed by atoms with van der Waals surface area (Å²) in [5.74, 6) is 1.15. The second-order valence-electron chi connectivity index (χ2n) is 7.53. The summed E-state index contributed by atoms with van der Waals surface area (Å²) in [6.45, 7) is 8.61. The lowest BCUT2D eigenvalue weighted by molar-refractivity contribution is -0.128. The smallest absolute Gasteiger partial charge is 0.137 e. The number of ketones is 1. The van der Waals surface area contributed by atoms with Gasteiger partial charge in [-0.3, -0.25) is 4.79 Å². The van der Waals surface area contributed by atoms with E-state index in [2.05, 4.69) is 26.0 Å². The molecule has 0 saturated heterocycles. The van der Waals surface area contributed by atoms with Crippen molar-refractivity contribution in [2.75, 3.05) is 0 Å². The van der Waals surface area contributed by atoms with Gasteiger partial charge < -0.3 is 5.11 Å². The van der Waals surface area contributed by atoms with E-state index in [1.165, 1.54) is 5.57 Å². The fourth-order valence-corrected chi connectivity index (χ4v) is 4.42. The van der Waals surface area contributed by atoms with Gasteiger partial charge in [0.15, 0.2) is 0 Å². The molecule has 2 nitrogen and oxygen atoms in total. The monoisotopic (exact) mass is 304 g/mol. The largest absolute Gasteiger partial charge is 0.386 e. The van der Waals surface area contributed by atoms with Gasteiger partial charge in [-0.2, -0.15) is 0 Å². The molecular weight excluding hydrogens is 272 g/mol. The summed E-state index contributed by atoms with van der Waals surface area (Å²) >= 11 is 0. The van der Waals surface area contributed by atoms with Crippen LogP contribution in [0.2, 0.25) is 0 Å². The highest BCUT2D eigenvalue weighted by Gasteiger charge is 2.47. The first-order valence-electron chi connectivity index (χ1n) is 8.99. The molecule has 124 valence electrons. The summed E-state index contributed by atoms with van der Waals surface area (Å²) in [6.07, 6.45) is 12.8. The zero-order chi connectivity index (χ0) is 16.4. The molecule has 1 saturated carbocycles. The highest BCUT2D eigenvalue weighted by molar-refractivity contribution is 5.84. The van der Waals surface area contributed by atoms with Crippen molar-refractivity contribution in [3.05, 3.63) is 23.8 Å². The Morgan fingerprint density at radius 2 is 2.14 bits per heavy atom. The molecule has 0 aromatic rings. The van der Waals surface area contributed by atoms with Crippen LogP contribution in [0.15, 0.2) is 23.8 Å². The molecule has 0 aromatic heterocycles. The van der Waals surface area contributed by atoms with Gasteiger partial charge in [-0.1, -0.05) is 51.5 Å². The molecule has 0 aromatic carbocycles. The summed E-state index contributed by atoms with van der Waals surface area (Å²) in [7, 11) is 0. The van der Waals surface area contributed by atoms with Gasteiger partial charge in [0.05, 0.1) is 5.60 Å². The van der Waals surface area contributed by atoms with Gasteiger partial charge in [0.25, 0.3) is 0 Å². The molecule has 2 heteroatoms. The summed E-state index contributed by atoms with van der Waals surface area (Å²) in [4.78, 5) is 12.2. The molecule has 2 aliphatic carbocycles. The minimum atomic E-state index is -0.656. The first kappa shape index (κ1) is 17.5. The molecule has 0 aliphatic heterocycles. The first-order valence-corrected chi connectivity index (χ1v) is 8.99. The van der Waals surface area contributed by atoms with Crippen LogP contribution in [0.25, 0.3) is 0 Å². The van der Waals surface area contributed by atoms with Gasteiger partial charge in [-0.05, 0) is 49.9 Å². The highest BCUT2D eigenvalue weighted by Crippen LogP contribution is 2.53. The molecule has 2 aliphatic rings. The van der Waals surface area contributed by atoms with Crippen molar-refractivity contribution in [1.82, 2.24) is 0 Å². The van der Waals surface area contributed by atoms with Crippen LogP contribution in [0.1, 0.15) is 72.6 Å². The Morgan fingerprint density at radius 3 is 2.77 bits per heavy atom. The average molecular weight is 304 g/mol. The molecule has 3 atom stereocenters. The number of fused-ring (bicyclic) bond motifs is 1. The summed E-state index contributed by atoms with van der Waals surface area (Å²) in [5, 5.41) is 10.3. The van der Waals surface area contributed by atoms with Crippen LogP contribution in [0, 0.1) is 17.3 Å². The van der Waals surface area contributed by atoms with Crippen molar-refractivity contribution in [3.63, 3.8) is 0 Å². The second kappa shape index (κ2) is 6.70. The van der Waals surface area contributed by atoms with Crippen molar-refractivity contribution < 1.29 is 9.90 Å². The standard InChI is InChI=1S/C20H32O2/c1-5-20(22,6-2)14-7-9-15(3)16-11-12-17-18(21)10-8-13-19(16,17)4/h7,11,14-15,17,22H,5-6,8-10,12-13H2,1-4H3/b14-7+/t15-,17-,19-/m0/s1. The lowest BCUT2D eigenvalue weighted by Gasteiger charge is -2.40. The second-order valence-corrected chi connectivity index (χ2v) is 7.53. The number of hydrogen-bond donors (Lipinski definition) is 1. The number of carbonyl (C=O) groups excluding carboxylic acids is 1. The van der Waals surface area contributed by atoms with Crippen molar-refractivity contribution in [2.24, 2.45) is 17.3 Å². The highest BCUT2D eigenvalue weighted by atomic mass is 16.3. The van der Waals surface area contributed by atoms with Gasteiger partial charge in [0.2, 0.25) is 0 Å². The number of allylic oxidation sites excluding steroid dienone is 3. The van der Waals surface area contributed by atoms with Crippen molar-refractivity contribution in [2.45, 2.75) is 78.2 Å². The van der Waals surface area contributed by atoms with E-state index < -0.39 is 5.60 Å². The van der Waals surface area contributed by atoms with E-state index in [1.54, 1.807) is 0 Å². The molecule has 0 heterocycles. The quantitative estimate of drug-likeness (QED) is 0.714. The Balaban J connectivity index is 2.03. The Labute approximate surface area is 135 Å². The van der Waals surface area contributed by atoms with Gasteiger partial charge in [-0.25, -0.2) is 0 Å². The van der Waals surface area contributed by atoms with E-state index in [1.807, 2.05) is 19.9 Å². The lowest BCUT2D eigenvalue weighted by Crippen LogP contribution is -2.36. The maximum atomic E-state index is 12.2. The minimum Gasteiger partial charge on any atom is -0.386 e. The van der Waals surface area contributed by atoms with E-state index in [0.29, 0.717) is 11.7 Å². The third-order valence-electron chi connectivity index (χ3n) is 6.18. The molecule has 2 rings (SSSR count). The lowest BCUT2D eigenvalue weighted by atomic mass is 9.63. The number of aliphatic hydroxyl groups is 1. The number of hydrogen-bond acceptors (Lipinski definition) is 2. The zero-order valence-electron chi connectivity index (χ0n) is 14.7. The molecule has 22 heavy (non-hydrogen) atoms. The number of carbonyl (C=O) groups is 1. The van der Waals surface area contributed by atoms with E-state index in [-0.39, 0.29) is 11.3 Å². The van der Waals surface area contributed by atoms with E-state index in [0.717, 1.165) is 44.9 Å². The Kier molecular flexibility index (Phi) is 5.32. The summed E-state index contributed by atoms with van der Waals surface area (Å²) in [6, 6.07) is 0. The Bertz CT molecular complexity index is 470. The molecule has 0 spiro atoms. The fourth-order valence-electron chi connectivity index (χ4n) is 4.42. The molecule has 1 fully saturated rings. The zero-order valence-corrected chi connectivity index (χ0v) is 14.7. The van der Waals surface area contributed by atoms with Gasteiger partial charge >= 0.3 is 0 Å². The normalized spacial score (nSPS) is 30.5. The Morgan fingerprint density at radius 1 is 1.45 bits per heavy atom. The molecule has 0 unspecified atom stereocenters. The van der Waals surface area contributed by atoms with Crippen LogP contribution in [0.3, 0.4) is 0 Å². The van der Waals surface area contributed by atoms with Crippen LogP contribution in [-0.2, 0) is 4.79 Å². The van der Waals surface area contributed by atoms with Crippen LogP contribution in [0.4, 0.5) is 0 Å². The van der Waals surface area contributed by atoms with Crippen LogP contribution >= 0.6 is 0 Å². The molecule has 0 radical (unpaired) electrons. The third kappa shape index (κ3) is 3.22. The SMILES string of the molecule is CCC(O)(/C=C/C[C@H](C)C1=CC[C@H]2C(=O)CCC[C@@]12C)CC. The van der Waals surface area contributed by atoms with E-state index in [9.17, 15) is 9.90 Å². The maximum absolute atomic E-state index is 12.2. The van der Waals surface area contributed by atoms with Gasteiger partial charge in [-0.15, -0.1) is 0 Å². The van der Waals surface area contributed by atoms with E-state index >= 15 is 0 Å². The van der Waals surface area contributed by atoms with Gasteiger partial charge in [0.1, 0.15) is 5.78 Å². The predicted molar refractivity (Wildman–Crippen MR) is 91.6 cm³/mol. The van der Waals surface area contributed by atoms with Crippen molar-refractivity contribution >= 4 is 5.78 Å².